The summed E-state index contributed by atoms with van der Waals surface area (Å²) < 4.78 is 5.68. The molecule has 1 aliphatic rings. The minimum absolute atomic E-state index is 0.0194. The summed E-state index contributed by atoms with van der Waals surface area (Å²) in [6, 6.07) is 7.92. The molecule has 0 fully saturated rings. The van der Waals surface area contributed by atoms with Gasteiger partial charge in [-0.25, -0.2) is 4.98 Å². The van der Waals surface area contributed by atoms with Gasteiger partial charge in [0, 0.05) is 11.4 Å². The van der Waals surface area contributed by atoms with Gasteiger partial charge in [-0.2, -0.15) is 0 Å². The molecule has 30 heavy (non-hydrogen) atoms. The third-order valence-electron chi connectivity index (χ3n) is 5.00. The standard InChI is InChI=1S/C22H25N3O3S2/c1-14-5-2-6-15(11-14)28-10-4-9-23-19(26)13-29-12-18-24-21(27)20-16-7-3-8-17(16)30-22(20)25-18/h2,5-6,11H,3-4,7-10,12-13H2,1H3,(H,23,26)(H,24,25,27). The topological polar surface area (TPSA) is 84.1 Å². The van der Waals surface area contributed by atoms with E-state index in [1.54, 1.807) is 11.3 Å². The van der Waals surface area contributed by atoms with Crippen LogP contribution in [0.3, 0.4) is 0 Å². The summed E-state index contributed by atoms with van der Waals surface area (Å²) in [5.74, 6) is 2.32. The third-order valence-corrected chi connectivity index (χ3v) is 7.13. The number of H-pyrrole nitrogens is 1. The molecule has 0 saturated heterocycles. The Morgan fingerprint density at radius 2 is 2.27 bits per heavy atom. The number of ether oxygens (including phenoxy) is 1. The molecule has 0 radical (unpaired) electrons. The number of hydrogen-bond donors (Lipinski definition) is 2. The minimum Gasteiger partial charge on any atom is -0.494 e. The number of aromatic nitrogens is 2. The van der Waals surface area contributed by atoms with E-state index in [0.717, 1.165) is 47.2 Å². The molecule has 6 nitrogen and oxygen atoms in total. The van der Waals surface area contributed by atoms with Crippen molar-refractivity contribution in [1.29, 1.82) is 0 Å². The predicted molar refractivity (Wildman–Crippen MR) is 123 cm³/mol. The Morgan fingerprint density at radius 3 is 3.13 bits per heavy atom. The Morgan fingerprint density at radius 1 is 1.37 bits per heavy atom. The lowest BCUT2D eigenvalue weighted by atomic mass is 10.2. The average molecular weight is 444 g/mol. The highest BCUT2D eigenvalue weighted by atomic mass is 32.2. The van der Waals surface area contributed by atoms with E-state index in [1.165, 1.54) is 22.2 Å². The van der Waals surface area contributed by atoms with Crippen LogP contribution in [0.25, 0.3) is 10.2 Å². The maximum Gasteiger partial charge on any atom is 0.259 e. The number of amides is 1. The molecule has 158 valence electrons. The molecule has 2 N–H and O–H groups in total. The molecule has 0 unspecified atom stereocenters. The van der Waals surface area contributed by atoms with Gasteiger partial charge in [-0.1, -0.05) is 12.1 Å². The number of fused-ring (bicyclic) bond motifs is 3. The van der Waals surface area contributed by atoms with Crippen molar-refractivity contribution in [1.82, 2.24) is 15.3 Å². The lowest BCUT2D eigenvalue weighted by Gasteiger charge is -2.08. The van der Waals surface area contributed by atoms with Crippen molar-refractivity contribution >= 4 is 39.2 Å². The zero-order valence-corrected chi connectivity index (χ0v) is 18.6. The van der Waals surface area contributed by atoms with Crippen molar-refractivity contribution in [3.05, 3.63) is 56.4 Å². The van der Waals surface area contributed by atoms with E-state index in [4.69, 9.17) is 4.74 Å². The van der Waals surface area contributed by atoms with E-state index in [-0.39, 0.29) is 11.5 Å². The zero-order valence-electron chi connectivity index (χ0n) is 17.0. The van der Waals surface area contributed by atoms with Gasteiger partial charge in [0.1, 0.15) is 16.4 Å². The van der Waals surface area contributed by atoms with Crippen molar-refractivity contribution in [2.24, 2.45) is 0 Å². The Bertz CT molecular complexity index is 1110. The molecule has 1 aliphatic carbocycles. The fourth-order valence-electron chi connectivity index (χ4n) is 3.60. The quantitative estimate of drug-likeness (QED) is 0.494. The van der Waals surface area contributed by atoms with E-state index < -0.39 is 0 Å². The van der Waals surface area contributed by atoms with E-state index in [9.17, 15) is 9.59 Å². The largest absolute Gasteiger partial charge is 0.494 e. The summed E-state index contributed by atoms with van der Waals surface area (Å²) in [6.45, 7) is 3.17. The van der Waals surface area contributed by atoms with Gasteiger partial charge in [0.25, 0.3) is 5.56 Å². The number of hydrogen-bond acceptors (Lipinski definition) is 6. The number of aryl methyl sites for hydroxylation is 3. The molecule has 0 aliphatic heterocycles. The van der Waals surface area contributed by atoms with Gasteiger partial charge in [-0.3, -0.25) is 9.59 Å². The molecule has 3 aromatic rings. The molecule has 2 heterocycles. The van der Waals surface area contributed by atoms with Crippen LogP contribution in [-0.4, -0.2) is 34.8 Å². The van der Waals surface area contributed by atoms with Crippen LogP contribution in [0.15, 0.2) is 29.1 Å². The van der Waals surface area contributed by atoms with E-state index in [2.05, 4.69) is 15.3 Å². The average Bonchev–Trinajstić information content (AvgIpc) is 3.28. The normalized spacial score (nSPS) is 12.8. The maximum absolute atomic E-state index is 12.5. The molecule has 0 spiro atoms. The summed E-state index contributed by atoms with van der Waals surface area (Å²) >= 11 is 3.09. The summed E-state index contributed by atoms with van der Waals surface area (Å²) in [7, 11) is 0. The number of aromatic amines is 1. The van der Waals surface area contributed by atoms with Crippen LogP contribution in [0, 0.1) is 6.92 Å². The lowest BCUT2D eigenvalue weighted by molar-refractivity contribution is -0.118. The second-order valence-corrected chi connectivity index (χ2v) is 9.48. The molecule has 4 rings (SSSR count). The Hall–Kier alpha value is -2.32. The number of benzene rings is 1. The van der Waals surface area contributed by atoms with Crippen LogP contribution in [0.1, 0.15) is 34.7 Å². The highest BCUT2D eigenvalue weighted by Crippen LogP contribution is 2.34. The number of carbonyl (C=O) groups is 1. The first-order valence-electron chi connectivity index (χ1n) is 10.2. The van der Waals surface area contributed by atoms with Crippen molar-refractivity contribution in [2.75, 3.05) is 18.9 Å². The SMILES string of the molecule is Cc1cccc(OCCCNC(=O)CSCc2nc3sc4c(c3c(=O)[nH]2)CCC4)c1. The fourth-order valence-corrected chi connectivity index (χ4v) is 5.60. The van der Waals surface area contributed by atoms with Gasteiger partial charge >= 0.3 is 0 Å². The van der Waals surface area contributed by atoms with Gasteiger partial charge in [0.2, 0.25) is 5.91 Å². The van der Waals surface area contributed by atoms with Gasteiger partial charge in [-0.15, -0.1) is 23.1 Å². The van der Waals surface area contributed by atoms with Crippen LogP contribution in [0.2, 0.25) is 0 Å². The van der Waals surface area contributed by atoms with Gasteiger partial charge in [-0.05, 0) is 55.9 Å². The molecule has 0 saturated carbocycles. The maximum atomic E-state index is 12.5. The molecule has 8 heteroatoms. The number of thiophene rings is 1. The molecule has 0 atom stereocenters. The third kappa shape index (κ3) is 5.05. The second-order valence-electron chi connectivity index (χ2n) is 7.41. The van der Waals surface area contributed by atoms with Crippen LogP contribution >= 0.6 is 23.1 Å². The number of thioether (sulfide) groups is 1. The van der Waals surface area contributed by atoms with Crippen molar-refractivity contribution in [3.8, 4) is 5.75 Å². The van der Waals surface area contributed by atoms with Crippen LogP contribution in [0.4, 0.5) is 0 Å². The van der Waals surface area contributed by atoms with E-state index in [1.807, 2.05) is 31.2 Å². The smallest absolute Gasteiger partial charge is 0.259 e. The summed E-state index contributed by atoms with van der Waals surface area (Å²) in [4.78, 5) is 34.1. The summed E-state index contributed by atoms with van der Waals surface area (Å²) in [6.07, 6.45) is 3.90. The number of carbonyl (C=O) groups excluding carboxylic acids is 1. The summed E-state index contributed by atoms with van der Waals surface area (Å²) in [5.41, 5.74) is 2.30. The van der Waals surface area contributed by atoms with Crippen molar-refractivity contribution < 1.29 is 9.53 Å². The molecule has 1 amide bonds. The van der Waals surface area contributed by atoms with Crippen molar-refractivity contribution in [2.45, 2.75) is 38.4 Å². The number of nitrogens with one attached hydrogen (secondary N) is 2. The molecule has 1 aromatic carbocycles. The number of rotatable bonds is 9. The van der Waals surface area contributed by atoms with Gasteiger partial charge in [0.05, 0.1) is 23.5 Å². The fraction of sp³-hybridized carbons (Fsp3) is 0.409. The monoisotopic (exact) mass is 443 g/mol. The minimum atomic E-state index is -0.0481. The first-order valence-corrected chi connectivity index (χ1v) is 12.1. The van der Waals surface area contributed by atoms with Gasteiger partial charge < -0.3 is 15.0 Å². The van der Waals surface area contributed by atoms with E-state index >= 15 is 0 Å². The predicted octanol–water partition coefficient (Wildman–Crippen LogP) is 3.60. The van der Waals surface area contributed by atoms with Crippen LogP contribution in [-0.2, 0) is 23.4 Å². The Labute approximate surface area is 183 Å². The molecule has 2 aromatic heterocycles. The van der Waals surface area contributed by atoms with Gasteiger partial charge in [0.15, 0.2) is 0 Å². The van der Waals surface area contributed by atoms with E-state index in [0.29, 0.717) is 30.5 Å². The van der Waals surface area contributed by atoms with Crippen LogP contribution in [0.5, 0.6) is 5.75 Å². The molecular formula is C22H25N3O3S2. The molecular weight excluding hydrogens is 418 g/mol. The van der Waals surface area contributed by atoms with Crippen LogP contribution < -0.4 is 15.6 Å². The molecule has 0 bridgehead atoms. The lowest BCUT2D eigenvalue weighted by Crippen LogP contribution is -2.27. The first-order chi connectivity index (χ1) is 14.6. The first kappa shape index (κ1) is 20.9. The van der Waals surface area contributed by atoms with Crippen molar-refractivity contribution in [3.63, 3.8) is 0 Å². The summed E-state index contributed by atoms with van der Waals surface area (Å²) in [5, 5.41) is 3.67. The zero-order chi connectivity index (χ0) is 20.9. The highest BCUT2D eigenvalue weighted by Gasteiger charge is 2.21. The highest BCUT2D eigenvalue weighted by molar-refractivity contribution is 7.99. The number of nitrogens with zero attached hydrogens (tertiary/aromatic N) is 1. The second kappa shape index (κ2) is 9.66. The Kier molecular flexibility index (Phi) is 6.74. The Balaban J connectivity index is 1.17.